The summed E-state index contributed by atoms with van der Waals surface area (Å²) in [6, 6.07) is 5.66. The highest BCUT2D eigenvalue weighted by atomic mass is 35.5. The first kappa shape index (κ1) is 20.7. The van der Waals surface area contributed by atoms with E-state index in [4.69, 9.17) is 26.5 Å². The van der Waals surface area contributed by atoms with Crippen LogP contribution in [0.4, 0.5) is 14.5 Å². The Morgan fingerprint density at radius 3 is 2.62 bits per heavy atom. The van der Waals surface area contributed by atoms with E-state index in [-0.39, 0.29) is 24.7 Å². The van der Waals surface area contributed by atoms with Gasteiger partial charge in [-0.15, -0.1) is 11.6 Å². The molecule has 1 aliphatic heterocycles. The second kappa shape index (κ2) is 9.40. The summed E-state index contributed by atoms with van der Waals surface area (Å²) in [5, 5.41) is 8.27. The summed E-state index contributed by atoms with van der Waals surface area (Å²) < 4.78 is 37.8. The molecular weight excluding hydrogens is 362 g/mol. The molecule has 4 nitrogen and oxygen atoms in total. The maximum absolute atomic E-state index is 13.4. The number of methoxy groups -OCH3 is 1. The molecule has 1 aliphatic rings. The minimum absolute atomic E-state index is 0.140. The van der Waals surface area contributed by atoms with E-state index in [0.29, 0.717) is 37.7 Å². The molecule has 0 bridgehead atoms. The lowest BCUT2D eigenvalue weighted by molar-refractivity contribution is -0.0220. The summed E-state index contributed by atoms with van der Waals surface area (Å²) in [5.41, 5.74) is 1.71. The van der Waals surface area contributed by atoms with Crippen molar-refractivity contribution in [3.8, 4) is 5.75 Å². The molecule has 0 radical (unpaired) electrons. The Kier molecular flexibility index (Phi) is 7.50. The van der Waals surface area contributed by atoms with Crippen LogP contribution in [0, 0.1) is 5.41 Å². The van der Waals surface area contributed by atoms with Gasteiger partial charge in [0.05, 0.1) is 19.6 Å². The van der Waals surface area contributed by atoms with Crippen LogP contribution in [0.1, 0.15) is 44.1 Å². The molecule has 0 aromatic heterocycles. The van der Waals surface area contributed by atoms with Gasteiger partial charge < -0.3 is 14.4 Å². The molecule has 1 atom stereocenters. The van der Waals surface area contributed by atoms with Gasteiger partial charge in [0.15, 0.2) is 5.90 Å². The van der Waals surface area contributed by atoms with Crippen LogP contribution < -0.4 is 9.64 Å². The maximum Gasteiger partial charge on any atom is 0.251 e. The number of rotatable bonds is 8. The zero-order valence-corrected chi connectivity index (χ0v) is 16.1. The van der Waals surface area contributed by atoms with Crippen molar-refractivity contribution in [3.63, 3.8) is 0 Å². The van der Waals surface area contributed by atoms with Crippen molar-refractivity contribution in [1.29, 1.82) is 5.41 Å². The van der Waals surface area contributed by atoms with E-state index >= 15 is 0 Å². The molecule has 26 heavy (non-hydrogen) atoms. The van der Waals surface area contributed by atoms with Crippen LogP contribution in [-0.4, -0.2) is 44.5 Å². The van der Waals surface area contributed by atoms with E-state index in [0.717, 1.165) is 17.7 Å². The predicted molar refractivity (Wildman–Crippen MR) is 101 cm³/mol. The van der Waals surface area contributed by atoms with Gasteiger partial charge in [0, 0.05) is 43.1 Å². The number of nitrogens with zero attached hydrogens (tertiary/aromatic N) is 1. The number of ether oxygens (including phenoxy) is 2. The predicted octanol–water partition coefficient (Wildman–Crippen LogP) is 5.05. The molecule has 146 valence electrons. The van der Waals surface area contributed by atoms with Gasteiger partial charge in [-0.05, 0) is 38.0 Å². The van der Waals surface area contributed by atoms with Gasteiger partial charge in [-0.3, -0.25) is 5.41 Å². The Morgan fingerprint density at radius 2 is 2.04 bits per heavy atom. The Morgan fingerprint density at radius 1 is 1.35 bits per heavy atom. The van der Waals surface area contributed by atoms with Gasteiger partial charge in [0.2, 0.25) is 0 Å². The summed E-state index contributed by atoms with van der Waals surface area (Å²) >= 11 is 5.85. The van der Waals surface area contributed by atoms with Gasteiger partial charge in [-0.25, -0.2) is 8.78 Å². The van der Waals surface area contributed by atoms with Crippen molar-refractivity contribution in [1.82, 2.24) is 0 Å². The third-order valence-corrected chi connectivity index (χ3v) is 4.96. The highest BCUT2D eigenvalue weighted by Gasteiger charge is 2.34. The number of benzene rings is 1. The summed E-state index contributed by atoms with van der Waals surface area (Å²) in [6.45, 7) is 2.89. The first-order valence-electron chi connectivity index (χ1n) is 8.99. The molecule has 0 saturated carbocycles. The zero-order valence-electron chi connectivity index (χ0n) is 15.4. The van der Waals surface area contributed by atoms with E-state index in [9.17, 15) is 8.78 Å². The second-order valence-electron chi connectivity index (χ2n) is 6.45. The molecule has 1 saturated heterocycles. The van der Waals surface area contributed by atoms with Crippen LogP contribution >= 0.6 is 11.6 Å². The van der Waals surface area contributed by atoms with E-state index in [1.807, 2.05) is 30.0 Å². The molecule has 1 unspecified atom stereocenters. The first-order chi connectivity index (χ1) is 12.4. The van der Waals surface area contributed by atoms with Crippen molar-refractivity contribution in [3.05, 3.63) is 23.8 Å². The molecule has 0 aliphatic carbocycles. The molecule has 1 N–H and O–H groups in total. The number of anilines is 1. The molecular formula is C19H27ClF2N2O2. The number of hydrogen-bond acceptors (Lipinski definition) is 4. The third kappa shape index (κ3) is 5.22. The lowest BCUT2D eigenvalue weighted by atomic mass is 9.92. The Labute approximate surface area is 158 Å². The van der Waals surface area contributed by atoms with Gasteiger partial charge in [0.1, 0.15) is 5.75 Å². The zero-order chi connectivity index (χ0) is 19.2. The fourth-order valence-electron chi connectivity index (χ4n) is 3.25. The van der Waals surface area contributed by atoms with Crippen molar-refractivity contribution >= 4 is 23.2 Å². The van der Waals surface area contributed by atoms with Gasteiger partial charge in [-0.1, -0.05) is 0 Å². The number of hydrogen-bond donors (Lipinski definition) is 1. The summed E-state index contributed by atoms with van der Waals surface area (Å²) in [6.07, 6.45) is 1.13. The average molecular weight is 389 g/mol. The highest BCUT2D eigenvalue weighted by Crippen LogP contribution is 2.37. The quantitative estimate of drug-likeness (QED) is 0.385. The van der Waals surface area contributed by atoms with Crippen LogP contribution in [0.25, 0.3) is 0 Å². The summed E-state index contributed by atoms with van der Waals surface area (Å²) in [5.74, 6) is -1.50. The topological polar surface area (TPSA) is 45.5 Å². The van der Waals surface area contributed by atoms with Crippen molar-refractivity contribution < 1.29 is 18.3 Å². The van der Waals surface area contributed by atoms with Gasteiger partial charge in [0.25, 0.3) is 5.92 Å². The fourth-order valence-corrected chi connectivity index (χ4v) is 3.40. The summed E-state index contributed by atoms with van der Waals surface area (Å²) in [4.78, 5) is 1.96. The van der Waals surface area contributed by atoms with Crippen LogP contribution in [0.3, 0.4) is 0 Å². The number of halogens is 3. The lowest BCUT2D eigenvalue weighted by Crippen LogP contribution is -2.39. The van der Waals surface area contributed by atoms with Crippen LogP contribution in [-0.2, 0) is 4.74 Å². The SMILES string of the molecule is CCOC(=N)C(CCCCl)c1cc(N2CCC(F)(F)CC2)ccc1OC. The molecule has 1 heterocycles. The number of piperidine rings is 1. The highest BCUT2D eigenvalue weighted by molar-refractivity contribution is 6.17. The standard InChI is InChI=1S/C19H27ClF2N2O2/c1-3-26-18(23)15(5-4-10-20)16-13-14(6-7-17(16)25-2)24-11-8-19(21,22)9-12-24/h6-7,13,15,23H,3-5,8-12H2,1-2H3. The van der Waals surface area contributed by atoms with E-state index in [2.05, 4.69) is 0 Å². The molecule has 1 fully saturated rings. The molecule has 0 amide bonds. The molecule has 1 aromatic carbocycles. The first-order valence-corrected chi connectivity index (χ1v) is 9.53. The fraction of sp³-hybridized carbons (Fsp3) is 0.632. The minimum Gasteiger partial charge on any atom is -0.496 e. The largest absolute Gasteiger partial charge is 0.496 e. The number of nitrogens with one attached hydrogen (secondary N) is 1. The smallest absolute Gasteiger partial charge is 0.251 e. The van der Waals surface area contributed by atoms with Crippen LogP contribution in [0.2, 0.25) is 0 Å². The Balaban J connectivity index is 2.30. The minimum atomic E-state index is -2.58. The molecule has 2 rings (SSSR count). The number of alkyl halides is 3. The maximum atomic E-state index is 13.4. The van der Waals surface area contributed by atoms with Crippen molar-refractivity contribution in [2.24, 2.45) is 0 Å². The second-order valence-corrected chi connectivity index (χ2v) is 6.83. The van der Waals surface area contributed by atoms with Crippen molar-refractivity contribution in [2.75, 3.05) is 37.6 Å². The molecule has 0 spiro atoms. The monoisotopic (exact) mass is 388 g/mol. The van der Waals surface area contributed by atoms with Crippen molar-refractivity contribution in [2.45, 2.75) is 44.4 Å². The lowest BCUT2D eigenvalue weighted by Gasteiger charge is -2.34. The normalized spacial score (nSPS) is 17.7. The summed E-state index contributed by atoms with van der Waals surface area (Å²) in [7, 11) is 1.59. The van der Waals surface area contributed by atoms with Gasteiger partial charge in [-0.2, -0.15) is 0 Å². The van der Waals surface area contributed by atoms with Crippen LogP contribution in [0.5, 0.6) is 5.75 Å². The molecule has 7 heteroatoms. The van der Waals surface area contributed by atoms with Crippen LogP contribution in [0.15, 0.2) is 18.2 Å². The average Bonchev–Trinajstić information content (AvgIpc) is 2.62. The van der Waals surface area contributed by atoms with E-state index in [1.165, 1.54) is 0 Å². The third-order valence-electron chi connectivity index (χ3n) is 4.69. The molecule has 1 aromatic rings. The Hall–Kier alpha value is -1.56. The van der Waals surface area contributed by atoms with E-state index in [1.54, 1.807) is 7.11 Å². The van der Waals surface area contributed by atoms with Gasteiger partial charge >= 0.3 is 0 Å². The van der Waals surface area contributed by atoms with E-state index < -0.39 is 5.92 Å². The Bertz CT molecular complexity index is 603.